The predicted octanol–water partition coefficient (Wildman–Crippen LogP) is 3.28. The number of nitrogens with zero attached hydrogens (tertiary/aromatic N) is 3. The summed E-state index contributed by atoms with van der Waals surface area (Å²) in [7, 11) is 0. The third-order valence-corrected chi connectivity index (χ3v) is 6.13. The van der Waals surface area contributed by atoms with Gasteiger partial charge in [-0.1, -0.05) is 17.3 Å². The van der Waals surface area contributed by atoms with Gasteiger partial charge in [0.25, 0.3) is 0 Å². The number of benzene rings is 1. The number of hydrogen-bond donors (Lipinski definition) is 2. The Balaban J connectivity index is 1.35. The minimum absolute atomic E-state index is 0.0230. The maximum absolute atomic E-state index is 12.8. The van der Waals surface area contributed by atoms with Crippen LogP contribution in [-0.2, 0) is 9.59 Å². The topological polar surface area (TPSA) is 104 Å². The highest BCUT2D eigenvalue weighted by molar-refractivity contribution is 8.01. The number of carbonyl (C=O) groups excluding carboxylic acids is 2. The monoisotopic (exact) mass is 413 g/mol. The Morgan fingerprint density at radius 3 is 3.00 bits per heavy atom. The van der Waals surface area contributed by atoms with Gasteiger partial charge >= 0.3 is 0 Å². The summed E-state index contributed by atoms with van der Waals surface area (Å²) in [5, 5.41) is 6.07. The molecule has 0 spiro atoms. The molecule has 0 radical (unpaired) electrons. The third kappa shape index (κ3) is 4.29. The fraction of sp³-hybridized carbons (Fsp3) is 0.400. The average Bonchev–Trinajstić information content (AvgIpc) is 3.44. The van der Waals surface area contributed by atoms with Gasteiger partial charge in [-0.3, -0.25) is 9.59 Å². The highest BCUT2D eigenvalue weighted by atomic mass is 32.2. The van der Waals surface area contributed by atoms with E-state index in [0.29, 0.717) is 18.1 Å². The van der Waals surface area contributed by atoms with E-state index in [1.54, 1.807) is 19.9 Å². The van der Waals surface area contributed by atoms with E-state index < -0.39 is 0 Å². The molecule has 3 aromatic rings. The van der Waals surface area contributed by atoms with Crippen LogP contribution in [0.5, 0.6) is 0 Å². The number of para-hydroxylation sites is 2. The molecular formula is C20H23N5O3S. The maximum Gasteiger partial charge on any atom is 0.238 e. The van der Waals surface area contributed by atoms with Crippen LogP contribution in [0.1, 0.15) is 37.4 Å². The van der Waals surface area contributed by atoms with E-state index in [1.165, 1.54) is 11.8 Å². The van der Waals surface area contributed by atoms with E-state index in [2.05, 4.69) is 20.4 Å². The van der Waals surface area contributed by atoms with Crippen LogP contribution < -0.4 is 5.32 Å². The number of fused-ring (bicyclic) bond motifs is 1. The molecule has 2 atom stereocenters. The Morgan fingerprint density at radius 1 is 1.41 bits per heavy atom. The SMILES string of the molecule is Cc1cc(NC(=O)[C@@H](C)SCC(=O)N2CCC[C@H]2c2nc3ccccc3[nH]2)no1. The molecule has 1 aromatic carbocycles. The van der Waals surface area contributed by atoms with Crippen LogP contribution in [0.15, 0.2) is 34.9 Å². The molecule has 8 nitrogen and oxygen atoms in total. The number of amides is 2. The molecule has 2 amide bonds. The number of hydrogen-bond acceptors (Lipinski definition) is 6. The molecule has 1 fully saturated rings. The summed E-state index contributed by atoms with van der Waals surface area (Å²) in [5.41, 5.74) is 1.88. The van der Waals surface area contributed by atoms with Crippen LogP contribution >= 0.6 is 11.8 Å². The van der Waals surface area contributed by atoms with Crippen LogP contribution in [0.2, 0.25) is 0 Å². The molecule has 3 heterocycles. The first-order chi connectivity index (χ1) is 14.0. The molecule has 29 heavy (non-hydrogen) atoms. The summed E-state index contributed by atoms with van der Waals surface area (Å²) in [4.78, 5) is 35.0. The summed E-state index contributed by atoms with van der Waals surface area (Å²) >= 11 is 1.32. The highest BCUT2D eigenvalue weighted by Gasteiger charge is 2.32. The van der Waals surface area contributed by atoms with Gasteiger partial charge in [-0.15, -0.1) is 11.8 Å². The summed E-state index contributed by atoms with van der Waals surface area (Å²) in [6, 6.07) is 9.47. The van der Waals surface area contributed by atoms with E-state index in [9.17, 15) is 9.59 Å². The quantitative estimate of drug-likeness (QED) is 0.643. The number of aryl methyl sites for hydroxylation is 1. The smallest absolute Gasteiger partial charge is 0.238 e. The minimum Gasteiger partial charge on any atom is -0.360 e. The van der Waals surface area contributed by atoms with Crippen LogP contribution in [0.3, 0.4) is 0 Å². The normalized spacial score (nSPS) is 17.6. The van der Waals surface area contributed by atoms with Gasteiger partial charge in [0.2, 0.25) is 11.8 Å². The lowest BCUT2D eigenvalue weighted by Crippen LogP contribution is -2.33. The second kappa shape index (κ2) is 8.28. The van der Waals surface area contributed by atoms with Crippen molar-refractivity contribution in [3.8, 4) is 0 Å². The van der Waals surface area contributed by atoms with Gasteiger partial charge in [-0.25, -0.2) is 4.98 Å². The Morgan fingerprint density at radius 2 is 2.24 bits per heavy atom. The Bertz CT molecular complexity index is 997. The fourth-order valence-electron chi connectivity index (χ4n) is 3.49. The van der Waals surface area contributed by atoms with Crippen LogP contribution in [0, 0.1) is 6.92 Å². The van der Waals surface area contributed by atoms with Crippen LogP contribution in [0.25, 0.3) is 11.0 Å². The number of imidazole rings is 1. The maximum atomic E-state index is 12.8. The third-order valence-electron chi connectivity index (χ3n) is 5.00. The summed E-state index contributed by atoms with van der Waals surface area (Å²) < 4.78 is 4.95. The van der Waals surface area contributed by atoms with Crippen molar-refractivity contribution in [3.05, 3.63) is 41.9 Å². The molecule has 0 bridgehead atoms. The van der Waals surface area contributed by atoms with Crippen molar-refractivity contribution in [1.29, 1.82) is 0 Å². The Labute approximate surface area is 172 Å². The second-order valence-electron chi connectivity index (χ2n) is 7.15. The van der Waals surface area contributed by atoms with Gasteiger partial charge in [0.15, 0.2) is 5.82 Å². The van der Waals surface area contributed by atoms with Crippen LogP contribution in [-0.4, -0.2) is 49.4 Å². The molecule has 152 valence electrons. The van der Waals surface area contributed by atoms with E-state index in [0.717, 1.165) is 29.7 Å². The molecule has 2 aromatic heterocycles. The first-order valence-electron chi connectivity index (χ1n) is 9.61. The number of aromatic amines is 1. The van der Waals surface area contributed by atoms with Gasteiger partial charge in [-0.05, 0) is 38.8 Å². The van der Waals surface area contributed by atoms with Crippen molar-refractivity contribution < 1.29 is 14.1 Å². The van der Waals surface area contributed by atoms with Crippen molar-refractivity contribution in [2.75, 3.05) is 17.6 Å². The van der Waals surface area contributed by atoms with E-state index in [-0.39, 0.29) is 28.9 Å². The molecule has 2 N–H and O–H groups in total. The molecule has 0 aliphatic carbocycles. The first-order valence-corrected chi connectivity index (χ1v) is 10.7. The summed E-state index contributed by atoms with van der Waals surface area (Å²) in [6.07, 6.45) is 1.83. The first kappa shape index (κ1) is 19.5. The zero-order chi connectivity index (χ0) is 20.4. The van der Waals surface area contributed by atoms with Crippen molar-refractivity contribution in [2.24, 2.45) is 0 Å². The number of carbonyl (C=O) groups is 2. The molecular weight excluding hydrogens is 390 g/mol. The number of nitrogens with one attached hydrogen (secondary N) is 2. The fourth-order valence-corrected chi connectivity index (χ4v) is 4.26. The van der Waals surface area contributed by atoms with Crippen LogP contribution in [0.4, 0.5) is 5.82 Å². The van der Waals surface area contributed by atoms with E-state index in [1.807, 2.05) is 29.2 Å². The molecule has 1 aliphatic rings. The Hall–Kier alpha value is -2.81. The van der Waals surface area contributed by atoms with Crippen molar-refractivity contribution in [3.63, 3.8) is 0 Å². The number of rotatable bonds is 6. The van der Waals surface area contributed by atoms with E-state index >= 15 is 0 Å². The van der Waals surface area contributed by atoms with Gasteiger partial charge in [0.1, 0.15) is 11.6 Å². The molecule has 0 saturated carbocycles. The lowest BCUT2D eigenvalue weighted by molar-refractivity contribution is -0.129. The predicted molar refractivity (Wildman–Crippen MR) is 112 cm³/mol. The highest BCUT2D eigenvalue weighted by Crippen LogP contribution is 2.32. The number of aromatic nitrogens is 3. The summed E-state index contributed by atoms with van der Waals surface area (Å²) in [6.45, 7) is 4.24. The second-order valence-corrected chi connectivity index (χ2v) is 8.48. The van der Waals surface area contributed by atoms with Crippen molar-refractivity contribution >= 4 is 40.4 Å². The minimum atomic E-state index is -0.386. The lowest BCUT2D eigenvalue weighted by Gasteiger charge is -2.23. The zero-order valence-corrected chi connectivity index (χ0v) is 17.2. The number of likely N-dealkylation sites (tertiary alicyclic amines) is 1. The van der Waals surface area contributed by atoms with Gasteiger partial charge in [0, 0.05) is 12.6 Å². The molecule has 1 aliphatic heterocycles. The average molecular weight is 414 g/mol. The largest absolute Gasteiger partial charge is 0.360 e. The van der Waals surface area contributed by atoms with Gasteiger partial charge < -0.3 is 19.7 Å². The number of anilines is 1. The molecule has 9 heteroatoms. The zero-order valence-electron chi connectivity index (χ0n) is 16.3. The van der Waals surface area contributed by atoms with Crippen molar-refractivity contribution in [2.45, 2.75) is 38.0 Å². The standard InChI is InChI=1S/C20H23N5O3S/c1-12-10-17(24-28-12)23-20(27)13(2)29-11-18(26)25-9-5-8-16(25)19-21-14-6-3-4-7-15(14)22-19/h3-4,6-7,10,13,16H,5,8-9,11H2,1-2H3,(H,21,22)(H,23,24,27)/t13-,16+/m1/s1. The van der Waals surface area contributed by atoms with Crippen molar-refractivity contribution in [1.82, 2.24) is 20.0 Å². The molecule has 0 unspecified atom stereocenters. The molecule has 4 rings (SSSR count). The van der Waals surface area contributed by atoms with Gasteiger partial charge in [-0.2, -0.15) is 0 Å². The molecule has 1 saturated heterocycles. The van der Waals surface area contributed by atoms with E-state index in [4.69, 9.17) is 4.52 Å². The Kier molecular flexibility index (Phi) is 5.57. The lowest BCUT2D eigenvalue weighted by atomic mass is 10.2. The van der Waals surface area contributed by atoms with Gasteiger partial charge in [0.05, 0.1) is 28.1 Å². The number of H-pyrrole nitrogens is 1. The number of thioether (sulfide) groups is 1. The summed E-state index contributed by atoms with van der Waals surface area (Å²) in [5.74, 6) is 1.90.